The highest BCUT2D eigenvalue weighted by Crippen LogP contribution is 2.49. The highest BCUT2D eigenvalue weighted by atomic mass is 32.1. The molecule has 0 aliphatic heterocycles. The van der Waals surface area contributed by atoms with E-state index in [-0.39, 0.29) is 6.10 Å². The van der Waals surface area contributed by atoms with Gasteiger partial charge in [0.15, 0.2) is 0 Å². The Hall–Kier alpha value is -1.65. The van der Waals surface area contributed by atoms with Gasteiger partial charge >= 0.3 is 0 Å². The molecule has 0 radical (unpaired) electrons. The summed E-state index contributed by atoms with van der Waals surface area (Å²) in [7, 11) is 0. The molecule has 2 saturated carbocycles. The zero-order valence-electron chi connectivity index (χ0n) is 14.3. The Bertz CT molecular complexity index is 857. The molecule has 0 saturated heterocycles. The summed E-state index contributed by atoms with van der Waals surface area (Å²) in [6.07, 6.45) is 10.6. The fraction of sp³-hybridized carbons (Fsp3) is 0.476. The lowest BCUT2D eigenvalue weighted by atomic mass is 9.76. The summed E-state index contributed by atoms with van der Waals surface area (Å²) in [6, 6.07) is 10.9. The fourth-order valence-electron chi connectivity index (χ4n) is 4.47. The lowest BCUT2D eigenvalue weighted by Gasteiger charge is -2.32. The van der Waals surface area contributed by atoms with Crippen LogP contribution in [0.25, 0.3) is 4.83 Å². The first-order valence-corrected chi connectivity index (χ1v) is 10.3. The van der Waals surface area contributed by atoms with Crippen molar-refractivity contribution in [2.75, 3.05) is 0 Å². The molecule has 2 aliphatic rings. The number of imidazole rings is 1. The molecule has 2 aromatic heterocycles. The highest BCUT2D eigenvalue weighted by Gasteiger charge is 2.36. The molecule has 0 bridgehead atoms. The van der Waals surface area contributed by atoms with Gasteiger partial charge in [-0.3, -0.25) is 4.40 Å². The van der Waals surface area contributed by atoms with Crippen LogP contribution in [0.4, 0.5) is 0 Å². The van der Waals surface area contributed by atoms with Gasteiger partial charge in [-0.05, 0) is 61.8 Å². The quantitative estimate of drug-likeness (QED) is 0.693. The van der Waals surface area contributed by atoms with Crippen LogP contribution in [0, 0.1) is 5.92 Å². The van der Waals surface area contributed by atoms with E-state index in [9.17, 15) is 5.11 Å². The summed E-state index contributed by atoms with van der Waals surface area (Å²) in [6.45, 7) is 0. The van der Waals surface area contributed by atoms with Crippen LogP contribution >= 0.6 is 11.3 Å². The van der Waals surface area contributed by atoms with Gasteiger partial charge in [-0.25, -0.2) is 4.98 Å². The number of rotatable bonds is 4. The van der Waals surface area contributed by atoms with Gasteiger partial charge in [0.25, 0.3) is 0 Å². The molecule has 3 nitrogen and oxygen atoms in total. The summed E-state index contributed by atoms with van der Waals surface area (Å²) >= 11 is 1.83. The van der Waals surface area contributed by atoms with Crippen LogP contribution in [-0.4, -0.2) is 14.5 Å². The van der Waals surface area contributed by atoms with Crippen LogP contribution in [0.1, 0.15) is 72.6 Å². The number of aliphatic hydroxyl groups is 1. The predicted octanol–water partition coefficient (Wildman–Crippen LogP) is 5.28. The molecule has 1 atom stereocenters. The maximum absolute atomic E-state index is 11.2. The van der Waals surface area contributed by atoms with E-state index in [4.69, 9.17) is 0 Å². The Morgan fingerprint density at radius 2 is 1.72 bits per heavy atom. The number of nitrogens with zero attached hydrogens (tertiary/aromatic N) is 2. The lowest BCUT2D eigenvalue weighted by molar-refractivity contribution is 0.0760. The minimum Gasteiger partial charge on any atom is -0.387 e. The maximum Gasteiger partial charge on any atom is 0.120 e. The van der Waals surface area contributed by atoms with E-state index in [1.165, 1.54) is 41.0 Å². The van der Waals surface area contributed by atoms with E-state index in [1.807, 2.05) is 23.9 Å². The van der Waals surface area contributed by atoms with Crippen molar-refractivity contribution in [3.63, 3.8) is 0 Å². The van der Waals surface area contributed by atoms with Crippen LogP contribution < -0.4 is 0 Å². The van der Waals surface area contributed by atoms with Crippen molar-refractivity contribution in [2.24, 2.45) is 5.92 Å². The monoisotopic (exact) mass is 352 g/mol. The molecule has 2 aliphatic carbocycles. The number of hydrogen-bond acceptors (Lipinski definition) is 3. The van der Waals surface area contributed by atoms with Crippen molar-refractivity contribution in [3.05, 3.63) is 59.0 Å². The molecule has 4 heteroatoms. The lowest BCUT2D eigenvalue weighted by Crippen LogP contribution is -2.21. The molecule has 2 heterocycles. The average molecular weight is 353 g/mol. The first-order valence-electron chi connectivity index (χ1n) is 9.49. The second kappa shape index (κ2) is 6.26. The first kappa shape index (κ1) is 15.6. The number of aromatic nitrogens is 2. The summed E-state index contributed by atoms with van der Waals surface area (Å²) in [5.41, 5.74) is 2.60. The van der Waals surface area contributed by atoms with Crippen molar-refractivity contribution in [2.45, 2.75) is 56.5 Å². The Morgan fingerprint density at radius 3 is 2.44 bits per heavy atom. The van der Waals surface area contributed by atoms with E-state index >= 15 is 0 Å². The van der Waals surface area contributed by atoms with Crippen LogP contribution in [0.2, 0.25) is 0 Å². The van der Waals surface area contributed by atoms with Gasteiger partial charge in [-0.2, -0.15) is 0 Å². The molecule has 2 fully saturated rings. The zero-order chi connectivity index (χ0) is 16.8. The average Bonchev–Trinajstić information content (AvgIpc) is 3.30. The van der Waals surface area contributed by atoms with E-state index in [1.54, 1.807) is 0 Å². The third-order valence-corrected chi connectivity index (χ3v) is 7.32. The fourth-order valence-corrected chi connectivity index (χ4v) is 5.77. The van der Waals surface area contributed by atoms with Gasteiger partial charge in [-0.15, -0.1) is 11.3 Å². The minimum absolute atomic E-state index is 0.352. The second-order valence-corrected chi connectivity index (χ2v) is 8.76. The number of aliphatic hydroxyl groups excluding tert-OH is 1. The van der Waals surface area contributed by atoms with Gasteiger partial charge < -0.3 is 5.11 Å². The molecule has 1 aromatic carbocycles. The summed E-state index contributed by atoms with van der Waals surface area (Å²) in [5.74, 6) is 1.70. The smallest absolute Gasteiger partial charge is 0.120 e. The Kier molecular flexibility index (Phi) is 3.90. The number of benzene rings is 1. The van der Waals surface area contributed by atoms with Gasteiger partial charge in [0, 0.05) is 4.88 Å². The molecule has 1 N–H and O–H groups in total. The third kappa shape index (κ3) is 2.81. The standard InChI is InChI=1S/C21H24N2OS/c24-20(16-8-6-15(7-9-16)14-4-2-1-3-5-14)19-21(17-10-11-17)25-18-12-22-13-23(18)19/h1-5,12-13,15-17,20,24H,6-11H2/t15-,16-,20?. The van der Waals surface area contributed by atoms with Crippen molar-refractivity contribution in [1.29, 1.82) is 0 Å². The zero-order valence-corrected chi connectivity index (χ0v) is 15.2. The molecule has 0 amide bonds. The van der Waals surface area contributed by atoms with E-state index in [0.29, 0.717) is 17.8 Å². The van der Waals surface area contributed by atoms with Crippen LogP contribution in [0.3, 0.4) is 0 Å². The van der Waals surface area contributed by atoms with Crippen molar-refractivity contribution < 1.29 is 5.11 Å². The minimum atomic E-state index is -0.352. The van der Waals surface area contributed by atoms with Gasteiger partial charge in [0.1, 0.15) is 11.2 Å². The maximum atomic E-state index is 11.2. The number of fused-ring (bicyclic) bond motifs is 1. The molecule has 130 valence electrons. The second-order valence-electron chi connectivity index (χ2n) is 7.69. The molecular weight excluding hydrogens is 328 g/mol. The van der Waals surface area contributed by atoms with Crippen LogP contribution in [0.5, 0.6) is 0 Å². The Morgan fingerprint density at radius 1 is 1.00 bits per heavy atom. The molecule has 1 unspecified atom stereocenters. The SMILES string of the molecule is OC(c1c(C2CC2)sc2cncn12)[C@H]1CC[C@H](c2ccccc2)CC1. The molecule has 0 spiro atoms. The van der Waals surface area contributed by atoms with Crippen molar-refractivity contribution >= 4 is 16.2 Å². The molecule has 3 aromatic rings. The summed E-state index contributed by atoms with van der Waals surface area (Å²) in [5, 5.41) is 11.2. The first-order chi connectivity index (χ1) is 12.3. The topological polar surface area (TPSA) is 37.5 Å². The van der Waals surface area contributed by atoms with Crippen LogP contribution in [-0.2, 0) is 0 Å². The predicted molar refractivity (Wildman–Crippen MR) is 101 cm³/mol. The Labute approximate surface area is 152 Å². The normalized spacial score (nSPS) is 25.3. The van der Waals surface area contributed by atoms with Crippen molar-refractivity contribution in [1.82, 2.24) is 9.38 Å². The van der Waals surface area contributed by atoms with Gasteiger partial charge in [0.05, 0.1) is 18.0 Å². The van der Waals surface area contributed by atoms with Gasteiger partial charge in [-0.1, -0.05) is 30.3 Å². The third-order valence-electron chi connectivity index (χ3n) is 6.05. The van der Waals surface area contributed by atoms with Gasteiger partial charge in [0.2, 0.25) is 0 Å². The Balaban J connectivity index is 1.36. The number of thiazole rings is 1. The largest absolute Gasteiger partial charge is 0.387 e. The number of hydrogen-bond donors (Lipinski definition) is 1. The molecular formula is C21H24N2OS. The van der Waals surface area contributed by atoms with Crippen molar-refractivity contribution in [3.8, 4) is 0 Å². The molecule has 5 rings (SSSR count). The summed E-state index contributed by atoms with van der Waals surface area (Å²) in [4.78, 5) is 6.87. The van der Waals surface area contributed by atoms with Crippen LogP contribution in [0.15, 0.2) is 42.9 Å². The van der Waals surface area contributed by atoms with E-state index < -0.39 is 0 Å². The molecule has 25 heavy (non-hydrogen) atoms. The van der Waals surface area contributed by atoms with E-state index in [2.05, 4.69) is 39.7 Å². The van der Waals surface area contributed by atoms with E-state index in [0.717, 1.165) is 18.5 Å². The summed E-state index contributed by atoms with van der Waals surface area (Å²) < 4.78 is 2.15. The highest BCUT2D eigenvalue weighted by molar-refractivity contribution is 7.17.